The minimum Gasteiger partial charge on any atom is -0.438 e. The highest BCUT2D eigenvalue weighted by molar-refractivity contribution is 7.92. The zero-order valence-corrected chi connectivity index (χ0v) is 17.7. The van der Waals surface area contributed by atoms with Gasteiger partial charge in [0.15, 0.2) is 0 Å². The van der Waals surface area contributed by atoms with Crippen molar-refractivity contribution in [2.75, 3.05) is 4.72 Å². The van der Waals surface area contributed by atoms with Gasteiger partial charge in [0, 0.05) is 13.2 Å². The van der Waals surface area contributed by atoms with Crippen LogP contribution in [0.5, 0.6) is 11.6 Å². The first-order valence-corrected chi connectivity index (χ1v) is 10.4. The molecule has 0 aliphatic heterocycles. The molecule has 2 heterocycles. The van der Waals surface area contributed by atoms with Crippen molar-refractivity contribution in [2.24, 2.45) is 7.05 Å². The van der Waals surface area contributed by atoms with Crippen molar-refractivity contribution >= 4 is 27.6 Å². The second-order valence-electron chi connectivity index (χ2n) is 6.41. The first-order valence-electron chi connectivity index (χ1n) is 8.50. The number of rotatable bonds is 6. The van der Waals surface area contributed by atoms with Crippen LogP contribution in [0.1, 0.15) is 11.1 Å². The Morgan fingerprint density at radius 2 is 1.78 bits per heavy atom. The lowest BCUT2D eigenvalue weighted by molar-refractivity contribution is -0.289. The average molecular weight is 498 g/mol. The summed E-state index contributed by atoms with van der Waals surface area (Å²) in [5.41, 5.74) is -1.49. The first-order chi connectivity index (χ1) is 14.7. The van der Waals surface area contributed by atoms with E-state index in [1.165, 1.54) is 36.9 Å². The number of hydrogen-bond donors (Lipinski definition) is 1. The highest BCUT2D eigenvalue weighted by Crippen LogP contribution is 2.50. The number of halogens is 6. The normalized spacial score (nSPS) is 12.6. The number of sulfonamides is 1. The van der Waals surface area contributed by atoms with E-state index in [9.17, 15) is 30.4 Å². The maximum absolute atomic E-state index is 14.2. The molecule has 2 aromatic heterocycles. The number of aryl methyl sites for hydroxylation is 2. The van der Waals surface area contributed by atoms with E-state index in [1.807, 2.05) is 4.72 Å². The minimum atomic E-state index is -6.05. The molecular weight excluding hydrogens is 485 g/mol. The van der Waals surface area contributed by atoms with Crippen LogP contribution >= 0.6 is 11.6 Å². The van der Waals surface area contributed by atoms with Crippen molar-refractivity contribution in [1.29, 1.82) is 0 Å². The second-order valence-corrected chi connectivity index (χ2v) is 8.45. The van der Waals surface area contributed by atoms with E-state index >= 15 is 0 Å². The van der Waals surface area contributed by atoms with Crippen LogP contribution in [0.2, 0.25) is 5.15 Å². The summed E-state index contributed by atoms with van der Waals surface area (Å²) in [6.45, 7) is 1.51. The van der Waals surface area contributed by atoms with Crippen molar-refractivity contribution in [2.45, 2.75) is 23.9 Å². The van der Waals surface area contributed by atoms with E-state index in [1.54, 1.807) is 6.07 Å². The Morgan fingerprint density at radius 3 is 2.34 bits per heavy atom. The van der Waals surface area contributed by atoms with E-state index in [2.05, 4.69) is 15.1 Å². The SMILES string of the molecule is Cc1ccccc1Oc1nc(NS(=O)(=O)c2cnn(C)c2)nc(Cl)c1C(F)(F)C(F)(F)F. The van der Waals surface area contributed by atoms with Crippen LogP contribution in [-0.4, -0.2) is 34.3 Å². The van der Waals surface area contributed by atoms with Gasteiger partial charge in [-0.3, -0.25) is 4.68 Å². The molecule has 0 amide bonds. The fourth-order valence-electron chi connectivity index (χ4n) is 2.43. The number of anilines is 1. The van der Waals surface area contributed by atoms with E-state index < -0.39 is 44.7 Å². The number of ether oxygens (including phenoxy) is 1. The van der Waals surface area contributed by atoms with Gasteiger partial charge >= 0.3 is 12.1 Å². The van der Waals surface area contributed by atoms with Crippen molar-refractivity contribution < 1.29 is 35.1 Å². The molecule has 0 spiro atoms. The molecule has 0 fully saturated rings. The number of benzene rings is 1. The summed E-state index contributed by atoms with van der Waals surface area (Å²) in [7, 11) is -2.93. The van der Waals surface area contributed by atoms with E-state index in [4.69, 9.17) is 16.3 Å². The van der Waals surface area contributed by atoms with Gasteiger partial charge in [0.1, 0.15) is 21.4 Å². The minimum absolute atomic E-state index is 0.109. The van der Waals surface area contributed by atoms with E-state index in [0.717, 1.165) is 12.4 Å². The van der Waals surface area contributed by atoms with Gasteiger partial charge in [-0.2, -0.15) is 37.0 Å². The Morgan fingerprint density at radius 1 is 1.12 bits per heavy atom. The second kappa shape index (κ2) is 8.16. The van der Waals surface area contributed by atoms with Crippen LogP contribution < -0.4 is 9.46 Å². The fraction of sp³-hybridized carbons (Fsp3) is 0.235. The summed E-state index contributed by atoms with van der Waals surface area (Å²) in [5.74, 6) is -7.76. The Labute approximate surface area is 183 Å². The topological polar surface area (TPSA) is 99.0 Å². The number of alkyl halides is 5. The summed E-state index contributed by atoms with van der Waals surface area (Å²) in [5, 5.41) is 2.33. The fourth-order valence-corrected chi connectivity index (χ4v) is 3.64. The smallest absolute Gasteiger partial charge is 0.438 e. The molecule has 0 bridgehead atoms. The number of aromatic nitrogens is 4. The van der Waals surface area contributed by atoms with Crippen molar-refractivity contribution in [3.8, 4) is 11.6 Å². The van der Waals surface area contributed by atoms with Crippen molar-refractivity contribution in [3.05, 3.63) is 52.9 Å². The van der Waals surface area contributed by atoms with Gasteiger partial charge in [-0.1, -0.05) is 29.8 Å². The summed E-state index contributed by atoms with van der Waals surface area (Å²) < 4.78 is 101. The lowest BCUT2D eigenvalue weighted by atomic mass is 10.1. The largest absolute Gasteiger partial charge is 0.458 e. The molecule has 0 saturated heterocycles. The number of para-hydroxylation sites is 1. The Bertz CT molecular complexity index is 1260. The molecular formula is C17H13ClF5N5O3S. The number of nitrogens with zero attached hydrogens (tertiary/aromatic N) is 4. The zero-order valence-electron chi connectivity index (χ0n) is 16.2. The van der Waals surface area contributed by atoms with Crippen LogP contribution in [0.25, 0.3) is 0 Å². The van der Waals surface area contributed by atoms with Crippen molar-refractivity contribution in [3.63, 3.8) is 0 Å². The molecule has 0 radical (unpaired) electrons. The quantitative estimate of drug-likeness (QED) is 0.400. The molecule has 8 nitrogen and oxygen atoms in total. The van der Waals surface area contributed by atoms with Crippen LogP contribution in [0.15, 0.2) is 41.6 Å². The molecule has 1 N–H and O–H groups in total. The number of hydrogen-bond acceptors (Lipinski definition) is 6. The third kappa shape index (κ3) is 4.60. The van der Waals surface area contributed by atoms with E-state index in [-0.39, 0.29) is 10.6 Å². The lowest BCUT2D eigenvalue weighted by Crippen LogP contribution is -2.35. The van der Waals surface area contributed by atoms with Crippen LogP contribution in [0, 0.1) is 6.92 Å². The standard InChI is InChI=1S/C17H13ClF5N5O3S/c1-9-5-3-4-6-11(9)31-14-12(16(19,20)17(21,22)23)13(18)25-15(26-14)27-32(29,30)10-7-24-28(2)8-10/h3-8H,1-2H3,(H,25,26,27). The molecule has 15 heteroatoms. The lowest BCUT2D eigenvalue weighted by Gasteiger charge is -2.23. The van der Waals surface area contributed by atoms with Gasteiger partial charge in [-0.25, -0.2) is 13.1 Å². The van der Waals surface area contributed by atoms with Crippen LogP contribution in [0.4, 0.5) is 27.9 Å². The predicted octanol–water partition coefficient (Wildman–Crippen LogP) is 4.42. The molecule has 0 unspecified atom stereocenters. The highest BCUT2D eigenvalue weighted by atomic mass is 35.5. The van der Waals surface area contributed by atoms with Crippen molar-refractivity contribution in [1.82, 2.24) is 19.7 Å². The summed E-state index contributed by atoms with van der Waals surface area (Å²) in [4.78, 5) is 6.38. The first kappa shape index (κ1) is 23.7. The summed E-state index contributed by atoms with van der Waals surface area (Å²) in [6, 6.07) is 5.82. The molecule has 172 valence electrons. The Kier molecular flexibility index (Phi) is 6.04. The third-order valence-corrected chi connectivity index (χ3v) is 5.58. The van der Waals surface area contributed by atoms with Gasteiger partial charge in [-0.15, -0.1) is 0 Å². The highest BCUT2D eigenvalue weighted by Gasteiger charge is 2.62. The molecule has 0 aliphatic rings. The third-order valence-electron chi connectivity index (χ3n) is 4.02. The molecule has 1 aromatic carbocycles. The number of nitrogens with one attached hydrogen (secondary N) is 1. The molecule has 0 aliphatic carbocycles. The molecule has 32 heavy (non-hydrogen) atoms. The average Bonchev–Trinajstić information content (AvgIpc) is 3.09. The van der Waals surface area contributed by atoms with Gasteiger partial charge in [-0.05, 0) is 18.6 Å². The van der Waals surface area contributed by atoms with Crippen LogP contribution in [-0.2, 0) is 23.0 Å². The van der Waals surface area contributed by atoms with Gasteiger partial charge < -0.3 is 4.74 Å². The zero-order chi connectivity index (χ0) is 23.9. The van der Waals surface area contributed by atoms with Gasteiger partial charge in [0.2, 0.25) is 11.8 Å². The van der Waals surface area contributed by atoms with Gasteiger partial charge in [0.05, 0.1) is 6.20 Å². The molecule has 3 aromatic rings. The summed E-state index contributed by atoms with van der Waals surface area (Å²) >= 11 is 5.65. The monoisotopic (exact) mass is 497 g/mol. The van der Waals surface area contributed by atoms with Gasteiger partial charge in [0.25, 0.3) is 10.0 Å². The molecule has 0 saturated carbocycles. The summed E-state index contributed by atoms with van der Waals surface area (Å²) in [6.07, 6.45) is -3.97. The Hall–Kier alpha value is -3.00. The van der Waals surface area contributed by atoms with Crippen LogP contribution in [0.3, 0.4) is 0 Å². The maximum atomic E-state index is 14.2. The maximum Gasteiger partial charge on any atom is 0.458 e. The van der Waals surface area contributed by atoms with E-state index in [0.29, 0.717) is 5.56 Å². The molecule has 3 rings (SSSR count). The predicted molar refractivity (Wildman–Crippen MR) is 102 cm³/mol. The Balaban J connectivity index is 2.14. The molecule has 0 atom stereocenters.